The Morgan fingerprint density at radius 2 is 1.80 bits per heavy atom. The van der Waals surface area contributed by atoms with Crippen LogP contribution in [0.3, 0.4) is 0 Å². The van der Waals surface area contributed by atoms with Gasteiger partial charge in [-0.3, -0.25) is 11.3 Å². The van der Waals surface area contributed by atoms with Crippen LogP contribution in [0.5, 0.6) is 0 Å². The van der Waals surface area contributed by atoms with Crippen molar-refractivity contribution in [1.29, 1.82) is 0 Å². The van der Waals surface area contributed by atoms with E-state index in [2.05, 4.69) is 29.7 Å². The molecule has 0 aliphatic carbocycles. The highest BCUT2D eigenvalue weighted by molar-refractivity contribution is 6.33. The lowest BCUT2D eigenvalue weighted by Crippen LogP contribution is -2.28. The normalized spacial score (nSPS) is 12.3. The number of nitrogens with one attached hydrogen (secondary N) is 1. The van der Waals surface area contributed by atoms with E-state index in [1.807, 2.05) is 12.1 Å². The molecule has 1 unspecified atom stereocenters. The van der Waals surface area contributed by atoms with E-state index in [0.29, 0.717) is 10.0 Å². The van der Waals surface area contributed by atoms with Gasteiger partial charge in [0.05, 0.1) is 0 Å². The molecule has 0 saturated carbocycles. The number of rotatable bonds is 6. The van der Waals surface area contributed by atoms with Crippen molar-refractivity contribution in [2.24, 2.45) is 5.84 Å². The fourth-order valence-electron chi connectivity index (χ4n) is 2.27. The van der Waals surface area contributed by atoms with E-state index in [1.54, 1.807) is 12.1 Å². The van der Waals surface area contributed by atoms with E-state index in [0.717, 1.165) is 24.8 Å². The van der Waals surface area contributed by atoms with Gasteiger partial charge < -0.3 is 0 Å². The minimum absolute atomic E-state index is 0.0184. The highest BCUT2D eigenvalue weighted by atomic mass is 35.5. The molecule has 1 atom stereocenters. The summed E-state index contributed by atoms with van der Waals surface area (Å²) in [5.74, 6) is 5.65. The molecule has 0 bridgehead atoms. The second kappa shape index (κ2) is 7.65. The maximum Gasteiger partial charge on any atom is 0.0475 e. The van der Waals surface area contributed by atoms with Gasteiger partial charge in [0.25, 0.3) is 0 Å². The first-order valence-electron chi connectivity index (χ1n) is 6.65. The molecule has 0 radical (unpaired) electrons. The first-order valence-corrected chi connectivity index (χ1v) is 7.41. The molecule has 0 amide bonds. The van der Waals surface area contributed by atoms with Crippen LogP contribution in [0.25, 0.3) is 0 Å². The van der Waals surface area contributed by atoms with Gasteiger partial charge in [0.1, 0.15) is 0 Å². The lowest BCUT2D eigenvalue weighted by atomic mass is 9.99. The quantitative estimate of drug-likeness (QED) is 0.608. The number of benzene rings is 2. The van der Waals surface area contributed by atoms with Crippen LogP contribution in [0.1, 0.15) is 30.0 Å². The highest BCUT2D eigenvalue weighted by Crippen LogP contribution is 2.28. The van der Waals surface area contributed by atoms with E-state index in [1.165, 1.54) is 5.56 Å². The van der Waals surface area contributed by atoms with Crippen molar-refractivity contribution in [3.05, 3.63) is 69.7 Å². The lowest BCUT2D eigenvalue weighted by molar-refractivity contribution is 0.499. The SMILES string of the molecule is NNC(CCCc1ccccc1)c1cc(Cl)ccc1Cl. The minimum atomic E-state index is 0.0184. The molecule has 0 fully saturated rings. The zero-order chi connectivity index (χ0) is 14.4. The van der Waals surface area contributed by atoms with Crippen molar-refractivity contribution in [3.63, 3.8) is 0 Å². The van der Waals surface area contributed by atoms with Crippen molar-refractivity contribution >= 4 is 23.2 Å². The van der Waals surface area contributed by atoms with Gasteiger partial charge in [0.2, 0.25) is 0 Å². The predicted octanol–water partition coefficient (Wildman–Crippen LogP) is 4.52. The maximum atomic E-state index is 6.21. The standard InChI is InChI=1S/C16H18Cl2N2/c17-13-9-10-15(18)14(11-13)16(20-19)8-4-7-12-5-2-1-3-6-12/h1-3,5-6,9-11,16,20H,4,7-8,19H2. The maximum absolute atomic E-state index is 6.21. The Morgan fingerprint density at radius 1 is 1.05 bits per heavy atom. The van der Waals surface area contributed by atoms with Crippen molar-refractivity contribution in [2.75, 3.05) is 0 Å². The fraction of sp³-hybridized carbons (Fsp3) is 0.250. The Morgan fingerprint density at radius 3 is 2.50 bits per heavy atom. The molecule has 2 aromatic rings. The number of nitrogens with two attached hydrogens (primary N) is 1. The summed E-state index contributed by atoms with van der Waals surface area (Å²) < 4.78 is 0. The molecule has 106 valence electrons. The van der Waals surface area contributed by atoms with Gasteiger partial charge >= 0.3 is 0 Å². The average molecular weight is 309 g/mol. The molecule has 0 aliphatic heterocycles. The molecule has 0 spiro atoms. The number of hydrogen-bond donors (Lipinski definition) is 2. The number of hydrogen-bond acceptors (Lipinski definition) is 2. The average Bonchev–Trinajstić information content (AvgIpc) is 2.48. The predicted molar refractivity (Wildman–Crippen MR) is 85.9 cm³/mol. The van der Waals surface area contributed by atoms with E-state index in [4.69, 9.17) is 29.0 Å². The fourth-order valence-corrected chi connectivity index (χ4v) is 2.70. The van der Waals surface area contributed by atoms with E-state index in [9.17, 15) is 0 Å². The minimum Gasteiger partial charge on any atom is -0.271 e. The summed E-state index contributed by atoms with van der Waals surface area (Å²) in [4.78, 5) is 0. The topological polar surface area (TPSA) is 38.0 Å². The molecule has 4 heteroatoms. The van der Waals surface area contributed by atoms with Crippen molar-refractivity contribution in [1.82, 2.24) is 5.43 Å². The van der Waals surface area contributed by atoms with E-state index in [-0.39, 0.29) is 6.04 Å². The molecule has 0 aromatic heterocycles. The Bertz CT molecular complexity index is 543. The van der Waals surface area contributed by atoms with Crippen LogP contribution >= 0.6 is 23.2 Å². The van der Waals surface area contributed by atoms with Gasteiger partial charge in [-0.25, -0.2) is 0 Å². The summed E-state index contributed by atoms with van der Waals surface area (Å²) in [6.07, 6.45) is 2.96. The summed E-state index contributed by atoms with van der Waals surface area (Å²) >= 11 is 12.2. The monoisotopic (exact) mass is 308 g/mol. The van der Waals surface area contributed by atoms with Gasteiger partial charge in [-0.2, -0.15) is 0 Å². The van der Waals surface area contributed by atoms with Crippen molar-refractivity contribution < 1.29 is 0 Å². The zero-order valence-electron chi connectivity index (χ0n) is 11.2. The second-order valence-corrected chi connectivity index (χ2v) is 5.61. The third kappa shape index (κ3) is 4.22. The summed E-state index contributed by atoms with van der Waals surface area (Å²) in [7, 11) is 0. The molecule has 2 rings (SSSR count). The number of hydrazine groups is 1. The Labute approximate surface area is 129 Å². The van der Waals surface area contributed by atoms with Crippen molar-refractivity contribution in [2.45, 2.75) is 25.3 Å². The van der Waals surface area contributed by atoms with Gasteiger partial charge in [-0.15, -0.1) is 0 Å². The van der Waals surface area contributed by atoms with Crippen LogP contribution in [0.4, 0.5) is 0 Å². The number of aryl methyl sites for hydroxylation is 1. The molecule has 3 N–H and O–H groups in total. The van der Waals surface area contributed by atoms with Crippen molar-refractivity contribution in [3.8, 4) is 0 Å². The third-order valence-electron chi connectivity index (χ3n) is 3.34. The summed E-state index contributed by atoms with van der Waals surface area (Å²) in [5, 5.41) is 1.37. The third-order valence-corrected chi connectivity index (χ3v) is 3.92. The Kier molecular flexibility index (Phi) is 5.86. The molecule has 0 saturated heterocycles. The summed E-state index contributed by atoms with van der Waals surface area (Å²) in [5.41, 5.74) is 5.12. The molecule has 0 heterocycles. The zero-order valence-corrected chi connectivity index (χ0v) is 12.7. The van der Waals surface area contributed by atoms with Crippen LogP contribution in [0.2, 0.25) is 10.0 Å². The smallest absolute Gasteiger partial charge is 0.0475 e. The van der Waals surface area contributed by atoms with Gasteiger partial charge in [0, 0.05) is 16.1 Å². The molecular weight excluding hydrogens is 291 g/mol. The van der Waals surface area contributed by atoms with E-state index >= 15 is 0 Å². The molecule has 0 aliphatic rings. The first kappa shape index (κ1) is 15.3. The Hall–Kier alpha value is -1.06. The molecule has 2 aromatic carbocycles. The summed E-state index contributed by atoms with van der Waals surface area (Å²) in [6.45, 7) is 0. The van der Waals surface area contributed by atoms with Crippen LogP contribution in [-0.2, 0) is 6.42 Å². The molecule has 2 nitrogen and oxygen atoms in total. The van der Waals surface area contributed by atoms with E-state index < -0.39 is 0 Å². The molecular formula is C16H18Cl2N2. The largest absolute Gasteiger partial charge is 0.271 e. The van der Waals surface area contributed by atoms with Crippen LogP contribution in [0.15, 0.2) is 48.5 Å². The van der Waals surface area contributed by atoms with Crippen LogP contribution in [-0.4, -0.2) is 0 Å². The molecule has 20 heavy (non-hydrogen) atoms. The first-order chi connectivity index (χ1) is 9.70. The van der Waals surface area contributed by atoms with Crippen LogP contribution in [0, 0.1) is 0 Å². The lowest BCUT2D eigenvalue weighted by Gasteiger charge is -2.18. The highest BCUT2D eigenvalue weighted by Gasteiger charge is 2.13. The second-order valence-electron chi connectivity index (χ2n) is 4.76. The Balaban J connectivity index is 1.97. The van der Waals surface area contributed by atoms with Crippen LogP contribution < -0.4 is 11.3 Å². The van der Waals surface area contributed by atoms with Gasteiger partial charge in [-0.05, 0) is 48.6 Å². The van der Waals surface area contributed by atoms with Gasteiger partial charge in [-0.1, -0.05) is 53.5 Å². The summed E-state index contributed by atoms with van der Waals surface area (Å²) in [6, 6.07) is 15.9. The van der Waals surface area contributed by atoms with Gasteiger partial charge in [0.15, 0.2) is 0 Å². The number of halogens is 2.